The molecule has 13 nitrogen and oxygen atoms in total. The lowest BCUT2D eigenvalue weighted by molar-refractivity contribution is -0.221. The van der Waals surface area contributed by atoms with Gasteiger partial charge in [-0.05, 0) is 55.2 Å². The standard InChI is InChI=1S/C32H32N2O11/c1-19(34(18-25(35)36)28(37)26-27(29(38)39)45-32(44-26,30(40)41)31(42)43)24(17-12-20-8-4-2-5-9-20)21-13-15-23(16-14-21)33-22-10-6-3-7-11-22/h2-11,13-16,19,24,26-27,33H,12,17-18H2,1H3,(H,35,36)(H,38,39)(H,40,41)(H,42,43). The van der Waals surface area contributed by atoms with Gasteiger partial charge in [-0.15, -0.1) is 0 Å². The summed E-state index contributed by atoms with van der Waals surface area (Å²) >= 11 is 0. The predicted molar refractivity (Wildman–Crippen MR) is 158 cm³/mol. The van der Waals surface area contributed by atoms with Gasteiger partial charge in [0.15, 0.2) is 12.2 Å². The molecule has 3 aromatic rings. The molecule has 0 bridgehead atoms. The number of ether oxygens (including phenoxy) is 2. The van der Waals surface area contributed by atoms with E-state index < -0.39 is 66.3 Å². The molecule has 1 amide bonds. The second kappa shape index (κ2) is 14.0. The summed E-state index contributed by atoms with van der Waals surface area (Å²) in [7, 11) is 0. The number of nitrogens with zero attached hydrogens (tertiary/aromatic N) is 1. The molecule has 0 aromatic heterocycles. The topological polar surface area (TPSA) is 200 Å². The Morgan fingerprint density at radius 3 is 1.84 bits per heavy atom. The van der Waals surface area contributed by atoms with Gasteiger partial charge < -0.3 is 40.1 Å². The molecular formula is C32H32N2O11. The van der Waals surface area contributed by atoms with Crippen molar-refractivity contribution < 1.29 is 53.9 Å². The number of para-hydroxylation sites is 1. The van der Waals surface area contributed by atoms with Gasteiger partial charge in [-0.25, -0.2) is 14.4 Å². The number of aliphatic carboxylic acids is 4. The maximum absolute atomic E-state index is 13.8. The average molecular weight is 621 g/mol. The summed E-state index contributed by atoms with van der Waals surface area (Å²) in [5, 5.41) is 41.7. The van der Waals surface area contributed by atoms with E-state index in [0.29, 0.717) is 12.8 Å². The quantitative estimate of drug-likeness (QED) is 0.165. The number of benzene rings is 3. The molecular weight excluding hydrogens is 588 g/mol. The van der Waals surface area contributed by atoms with Gasteiger partial charge in [0.25, 0.3) is 5.91 Å². The van der Waals surface area contributed by atoms with E-state index in [2.05, 4.69) is 5.32 Å². The first-order valence-corrected chi connectivity index (χ1v) is 14.0. The van der Waals surface area contributed by atoms with Crippen LogP contribution in [0.15, 0.2) is 84.9 Å². The summed E-state index contributed by atoms with van der Waals surface area (Å²) in [6, 6.07) is 25.3. The minimum Gasteiger partial charge on any atom is -0.480 e. The lowest BCUT2D eigenvalue weighted by Gasteiger charge is -2.36. The predicted octanol–water partition coefficient (Wildman–Crippen LogP) is 3.18. The van der Waals surface area contributed by atoms with Crippen LogP contribution in [0, 0.1) is 0 Å². The monoisotopic (exact) mass is 620 g/mol. The van der Waals surface area contributed by atoms with Crippen molar-refractivity contribution in [3.8, 4) is 0 Å². The maximum Gasteiger partial charge on any atom is 0.377 e. The van der Waals surface area contributed by atoms with Gasteiger partial charge in [0.05, 0.1) is 0 Å². The van der Waals surface area contributed by atoms with Gasteiger partial charge in [-0.3, -0.25) is 9.59 Å². The van der Waals surface area contributed by atoms with Gasteiger partial charge in [0.1, 0.15) is 6.54 Å². The van der Waals surface area contributed by atoms with E-state index in [1.165, 1.54) is 0 Å². The van der Waals surface area contributed by atoms with Crippen LogP contribution in [-0.4, -0.2) is 85.7 Å². The number of hydrogen-bond acceptors (Lipinski definition) is 8. The number of carbonyl (C=O) groups excluding carboxylic acids is 1. The molecule has 4 rings (SSSR count). The zero-order valence-electron chi connectivity index (χ0n) is 24.1. The summed E-state index contributed by atoms with van der Waals surface area (Å²) in [6.07, 6.45) is -3.63. The Morgan fingerprint density at radius 2 is 1.31 bits per heavy atom. The van der Waals surface area contributed by atoms with Crippen molar-refractivity contribution in [3.05, 3.63) is 96.1 Å². The third-order valence-electron chi connectivity index (χ3n) is 7.56. The fourth-order valence-electron chi connectivity index (χ4n) is 5.27. The first-order valence-electron chi connectivity index (χ1n) is 14.0. The van der Waals surface area contributed by atoms with Crippen LogP contribution in [0.1, 0.15) is 30.4 Å². The number of nitrogens with one attached hydrogen (secondary N) is 1. The van der Waals surface area contributed by atoms with E-state index >= 15 is 0 Å². The van der Waals surface area contributed by atoms with Crippen molar-refractivity contribution in [1.82, 2.24) is 4.90 Å². The Bertz CT molecular complexity index is 1520. The van der Waals surface area contributed by atoms with Crippen molar-refractivity contribution in [1.29, 1.82) is 0 Å². The summed E-state index contributed by atoms with van der Waals surface area (Å²) < 4.78 is 9.80. The van der Waals surface area contributed by atoms with Gasteiger partial charge in [0, 0.05) is 23.3 Å². The number of carboxylic acids is 4. The minimum absolute atomic E-state index is 0.429. The third kappa shape index (κ3) is 7.45. The fourth-order valence-corrected chi connectivity index (χ4v) is 5.27. The van der Waals surface area contributed by atoms with Crippen LogP contribution in [0.2, 0.25) is 0 Å². The van der Waals surface area contributed by atoms with E-state index in [1.807, 2.05) is 84.9 Å². The average Bonchev–Trinajstić information content (AvgIpc) is 3.45. The minimum atomic E-state index is -3.48. The van der Waals surface area contributed by atoms with Crippen molar-refractivity contribution in [3.63, 3.8) is 0 Å². The number of aryl methyl sites for hydroxylation is 1. The first kappa shape index (κ1) is 32.6. The van der Waals surface area contributed by atoms with E-state index in [4.69, 9.17) is 9.47 Å². The zero-order valence-corrected chi connectivity index (χ0v) is 24.1. The van der Waals surface area contributed by atoms with Crippen molar-refractivity contribution >= 4 is 41.2 Å². The van der Waals surface area contributed by atoms with Crippen molar-refractivity contribution in [2.75, 3.05) is 11.9 Å². The molecule has 13 heteroatoms. The van der Waals surface area contributed by atoms with Crippen LogP contribution < -0.4 is 5.32 Å². The molecule has 1 fully saturated rings. The fraction of sp³-hybridized carbons (Fsp3) is 0.281. The molecule has 1 aliphatic rings. The maximum atomic E-state index is 13.8. The molecule has 4 unspecified atom stereocenters. The number of carboxylic acid groups (broad SMARTS) is 4. The summed E-state index contributed by atoms with van der Waals surface area (Å²) in [6.45, 7) is 0.675. The molecule has 0 saturated carbocycles. The van der Waals surface area contributed by atoms with Crippen molar-refractivity contribution in [2.24, 2.45) is 0 Å². The lowest BCUT2D eigenvalue weighted by atomic mass is 9.85. The largest absolute Gasteiger partial charge is 0.480 e. The highest BCUT2D eigenvalue weighted by Gasteiger charge is 2.64. The number of rotatable bonds is 14. The number of anilines is 2. The second-order valence-corrected chi connectivity index (χ2v) is 10.5. The lowest BCUT2D eigenvalue weighted by Crippen LogP contribution is -2.53. The number of carbonyl (C=O) groups is 5. The molecule has 1 heterocycles. The second-order valence-electron chi connectivity index (χ2n) is 10.5. The zero-order chi connectivity index (χ0) is 32.7. The number of amides is 1. The SMILES string of the molecule is CC(C(CCc1ccccc1)c1ccc(Nc2ccccc2)cc1)N(CC(=O)O)C(=O)C1OC(C(=O)O)(C(=O)O)OC1C(=O)O. The summed E-state index contributed by atoms with van der Waals surface area (Å²) in [4.78, 5) is 62.2. The van der Waals surface area contributed by atoms with Gasteiger partial charge in [-0.1, -0.05) is 60.7 Å². The van der Waals surface area contributed by atoms with E-state index in [9.17, 15) is 44.4 Å². The summed E-state index contributed by atoms with van der Waals surface area (Å²) in [5.74, 6) is -12.9. The van der Waals surface area contributed by atoms with Gasteiger partial charge in [0.2, 0.25) is 0 Å². The molecule has 3 aromatic carbocycles. The van der Waals surface area contributed by atoms with E-state index in [0.717, 1.165) is 27.4 Å². The molecule has 4 atom stereocenters. The molecule has 0 aliphatic carbocycles. The highest BCUT2D eigenvalue weighted by atomic mass is 16.8. The molecule has 236 valence electrons. The van der Waals surface area contributed by atoms with E-state index in [-0.39, 0.29) is 0 Å². The molecule has 1 saturated heterocycles. The van der Waals surface area contributed by atoms with Crippen LogP contribution in [0.25, 0.3) is 0 Å². The molecule has 5 N–H and O–H groups in total. The van der Waals surface area contributed by atoms with Crippen LogP contribution in [0.3, 0.4) is 0 Å². The first-order chi connectivity index (χ1) is 21.4. The van der Waals surface area contributed by atoms with Crippen LogP contribution in [0.4, 0.5) is 11.4 Å². The molecule has 45 heavy (non-hydrogen) atoms. The molecule has 0 spiro atoms. The Hall–Kier alpha value is -5.27. The van der Waals surface area contributed by atoms with Crippen LogP contribution in [-0.2, 0) is 39.9 Å². The number of hydrogen-bond donors (Lipinski definition) is 5. The third-order valence-corrected chi connectivity index (χ3v) is 7.56. The van der Waals surface area contributed by atoms with Gasteiger partial charge in [-0.2, -0.15) is 0 Å². The molecule has 0 radical (unpaired) electrons. The highest BCUT2D eigenvalue weighted by Crippen LogP contribution is 2.35. The molecule has 1 aliphatic heterocycles. The van der Waals surface area contributed by atoms with Crippen LogP contribution in [0.5, 0.6) is 0 Å². The van der Waals surface area contributed by atoms with Gasteiger partial charge >= 0.3 is 29.7 Å². The van der Waals surface area contributed by atoms with Crippen LogP contribution >= 0.6 is 0 Å². The highest BCUT2D eigenvalue weighted by molar-refractivity contribution is 6.02. The van der Waals surface area contributed by atoms with Crippen molar-refractivity contribution in [2.45, 2.75) is 49.7 Å². The smallest absolute Gasteiger partial charge is 0.377 e. The Balaban J connectivity index is 1.68. The van der Waals surface area contributed by atoms with E-state index in [1.54, 1.807) is 6.92 Å². The normalized spacial score (nSPS) is 18.3. The summed E-state index contributed by atoms with van der Waals surface area (Å²) in [5.41, 5.74) is 3.36. The Morgan fingerprint density at radius 1 is 0.778 bits per heavy atom. The Kier molecular flexibility index (Phi) is 10.2. The Labute approximate surface area is 257 Å².